The fourth-order valence-corrected chi connectivity index (χ4v) is 7.06. The minimum Gasteiger partial charge on any atom is -0.511 e. The van der Waals surface area contributed by atoms with Crippen molar-refractivity contribution in [1.29, 1.82) is 0 Å². The minimum absolute atomic E-state index is 0.0552. The topological polar surface area (TPSA) is 76.1 Å². The molecule has 0 spiro atoms. The van der Waals surface area contributed by atoms with Gasteiger partial charge in [0.05, 0.1) is 24.9 Å². The van der Waals surface area contributed by atoms with Crippen LogP contribution in [0.15, 0.2) is 36.6 Å². The van der Waals surface area contributed by atoms with Gasteiger partial charge in [0.15, 0.2) is 0 Å². The Hall–Kier alpha value is -2.52. The number of nitrogens with zero attached hydrogens (tertiary/aromatic N) is 2. The van der Waals surface area contributed by atoms with Crippen LogP contribution in [0.3, 0.4) is 0 Å². The third-order valence-corrected chi connectivity index (χ3v) is 9.28. The molecule has 222 valence electrons. The fraction of sp³-hybridized carbons (Fsp3) is 0.606. The van der Waals surface area contributed by atoms with Gasteiger partial charge in [0, 0.05) is 45.1 Å². The van der Waals surface area contributed by atoms with E-state index in [2.05, 4.69) is 28.9 Å². The molecule has 7 nitrogen and oxygen atoms in total. The maximum atomic E-state index is 14.8. The van der Waals surface area contributed by atoms with E-state index in [-0.39, 0.29) is 23.8 Å². The number of ether oxygens (including phenoxy) is 3. The number of aliphatic hydroxyl groups excluding tert-OH is 1. The first-order chi connectivity index (χ1) is 20.0. The van der Waals surface area contributed by atoms with Gasteiger partial charge in [0.2, 0.25) is 0 Å². The average Bonchev–Trinajstić information content (AvgIpc) is 3.45. The molecule has 2 N–H and O–H groups in total. The Labute approximate surface area is 243 Å². The maximum absolute atomic E-state index is 14.8. The number of fused-ring (bicyclic) bond motifs is 2. The molecule has 0 bridgehead atoms. The highest BCUT2D eigenvalue weighted by Crippen LogP contribution is 2.38. The Bertz CT molecular complexity index is 1220. The number of nitrogens with one attached hydrogen (secondary N) is 1. The number of hydrogen-bond acceptors (Lipinski definition) is 7. The van der Waals surface area contributed by atoms with Gasteiger partial charge in [-0.2, -0.15) is 0 Å². The molecule has 1 aromatic heterocycles. The Morgan fingerprint density at radius 1 is 1.20 bits per heavy atom. The summed E-state index contributed by atoms with van der Waals surface area (Å²) in [6.07, 6.45) is 9.00. The number of unbranched alkanes of at least 4 members (excludes halogenated alkanes) is 1. The second kappa shape index (κ2) is 13.2. The smallest absolute Gasteiger partial charge is 0.129 e. The first-order valence-corrected chi connectivity index (χ1v) is 15.5. The summed E-state index contributed by atoms with van der Waals surface area (Å²) in [5.41, 5.74) is 5.26. The van der Waals surface area contributed by atoms with E-state index in [4.69, 9.17) is 19.2 Å². The second-order valence-corrected chi connectivity index (χ2v) is 12.1. The molecule has 1 unspecified atom stereocenters. The second-order valence-electron chi connectivity index (χ2n) is 12.1. The van der Waals surface area contributed by atoms with E-state index in [1.807, 2.05) is 0 Å². The highest BCUT2D eigenvalue weighted by Gasteiger charge is 2.36. The number of anilines is 1. The first-order valence-electron chi connectivity index (χ1n) is 15.5. The van der Waals surface area contributed by atoms with Gasteiger partial charge in [-0.25, -0.2) is 9.37 Å². The predicted molar refractivity (Wildman–Crippen MR) is 157 cm³/mol. The van der Waals surface area contributed by atoms with Gasteiger partial charge in [-0.15, -0.1) is 0 Å². The van der Waals surface area contributed by atoms with E-state index in [0.717, 1.165) is 106 Å². The first kappa shape index (κ1) is 28.6. The molecule has 4 aliphatic heterocycles. The number of aromatic nitrogens is 1. The van der Waals surface area contributed by atoms with E-state index in [0.29, 0.717) is 25.7 Å². The highest BCUT2D eigenvalue weighted by atomic mass is 19.1. The average molecular weight is 566 g/mol. The van der Waals surface area contributed by atoms with Crippen LogP contribution < -0.4 is 5.32 Å². The van der Waals surface area contributed by atoms with Gasteiger partial charge in [0.25, 0.3) is 0 Å². The zero-order valence-electron chi connectivity index (χ0n) is 24.1. The lowest BCUT2D eigenvalue weighted by Gasteiger charge is -2.37. The van der Waals surface area contributed by atoms with Crippen LogP contribution in [-0.4, -0.2) is 66.7 Å². The SMILES string of the molecule is C=C(O)[C@H](c1cc(F)cc2c1CC(C1CCOCC1)OC2)N1CC[C@@H](OCCCCc2ccc3c(n2)NCCC3)C1. The fourth-order valence-electron chi connectivity index (χ4n) is 7.06. The van der Waals surface area contributed by atoms with Crippen molar-refractivity contribution in [2.45, 2.75) is 82.6 Å². The number of aryl methyl sites for hydroxylation is 2. The van der Waals surface area contributed by atoms with Crippen molar-refractivity contribution in [3.8, 4) is 0 Å². The number of aliphatic hydroxyl groups is 1. The van der Waals surface area contributed by atoms with Gasteiger partial charge in [-0.1, -0.05) is 12.6 Å². The molecule has 2 aromatic rings. The van der Waals surface area contributed by atoms with Gasteiger partial charge >= 0.3 is 0 Å². The van der Waals surface area contributed by atoms with Crippen molar-refractivity contribution >= 4 is 5.82 Å². The minimum atomic E-state index is -0.454. The lowest BCUT2D eigenvalue weighted by atomic mass is 9.83. The molecular formula is C33H44FN3O4. The molecular weight excluding hydrogens is 521 g/mol. The summed E-state index contributed by atoms with van der Waals surface area (Å²) in [7, 11) is 0. The van der Waals surface area contributed by atoms with E-state index in [1.165, 1.54) is 12.0 Å². The molecule has 4 aliphatic rings. The zero-order valence-corrected chi connectivity index (χ0v) is 24.1. The number of rotatable bonds is 10. The standard InChI is InChI=1S/C33H44FN3O4/c1-22(38)32(30-18-26(34)17-25-21-41-31(19-29(25)30)23-10-15-39-16-11-23)37-13-9-28(20-37)40-14-3-2-6-27-8-7-24-5-4-12-35-33(24)36-27/h7-8,17-18,23,28,31-32,38H,1-6,9-16,19-21H2,(H,35,36)/t28-,31?,32-/m1/s1. The summed E-state index contributed by atoms with van der Waals surface area (Å²) < 4.78 is 32.8. The molecule has 3 atom stereocenters. The zero-order chi connectivity index (χ0) is 28.2. The molecule has 2 fully saturated rings. The largest absolute Gasteiger partial charge is 0.511 e. The van der Waals surface area contributed by atoms with Crippen molar-refractivity contribution in [3.63, 3.8) is 0 Å². The number of likely N-dealkylation sites (tertiary alicyclic amines) is 1. The Balaban J connectivity index is 1.04. The van der Waals surface area contributed by atoms with Gasteiger partial charge < -0.3 is 24.6 Å². The van der Waals surface area contributed by atoms with Crippen molar-refractivity contribution in [2.24, 2.45) is 5.92 Å². The number of hydrogen-bond donors (Lipinski definition) is 2. The third kappa shape index (κ3) is 6.77. The monoisotopic (exact) mass is 565 g/mol. The Morgan fingerprint density at radius 3 is 2.93 bits per heavy atom. The van der Waals surface area contributed by atoms with Gasteiger partial charge in [-0.05, 0) is 104 Å². The molecule has 2 saturated heterocycles. The third-order valence-electron chi connectivity index (χ3n) is 9.28. The summed E-state index contributed by atoms with van der Waals surface area (Å²) in [4.78, 5) is 7.00. The quantitative estimate of drug-likeness (QED) is 0.284. The maximum Gasteiger partial charge on any atom is 0.129 e. The molecule has 0 radical (unpaired) electrons. The van der Waals surface area contributed by atoms with Crippen molar-refractivity contribution in [2.75, 3.05) is 44.8 Å². The molecule has 1 aromatic carbocycles. The summed E-state index contributed by atoms with van der Waals surface area (Å²) in [5, 5.41) is 14.2. The predicted octanol–water partition coefficient (Wildman–Crippen LogP) is 5.67. The van der Waals surface area contributed by atoms with Crippen LogP contribution in [0.5, 0.6) is 0 Å². The van der Waals surface area contributed by atoms with Crippen LogP contribution in [0.1, 0.15) is 72.5 Å². The molecule has 0 amide bonds. The lowest BCUT2D eigenvalue weighted by Crippen LogP contribution is -2.36. The van der Waals surface area contributed by atoms with Crippen LogP contribution in [0.2, 0.25) is 0 Å². The molecule has 6 rings (SSSR count). The molecule has 8 heteroatoms. The van der Waals surface area contributed by atoms with Crippen LogP contribution >= 0.6 is 0 Å². The number of benzene rings is 1. The van der Waals surface area contributed by atoms with Crippen LogP contribution in [0, 0.1) is 11.7 Å². The van der Waals surface area contributed by atoms with Crippen molar-refractivity contribution in [3.05, 3.63) is 70.4 Å². The molecule has 0 saturated carbocycles. The Morgan fingerprint density at radius 2 is 2.07 bits per heavy atom. The van der Waals surface area contributed by atoms with E-state index >= 15 is 0 Å². The van der Waals surface area contributed by atoms with Crippen LogP contribution in [-0.2, 0) is 40.1 Å². The normalized spacial score (nSPS) is 23.9. The summed E-state index contributed by atoms with van der Waals surface area (Å²) >= 11 is 0. The van der Waals surface area contributed by atoms with E-state index in [9.17, 15) is 9.50 Å². The Kier molecular flexibility index (Phi) is 9.20. The van der Waals surface area contributed by atoms with Crippen molar-refractivity contribution < 1.29 is 23.7 Å². The van der Waals surface area contributed by atoms with E-state index in [1.54, 1.807) is 12.1 Å². The summed E-state index contributed by atoms with van der Waals surface area (Å²) in [6.45, 7) is 9.02. The van der Waals surface area contributed by atoms with Gasteiger partial charge in [0.1, 0.15) is 17.4 Å². The van der Waals surface area contributed by atoms with Crippen molar-refractivity contribution in [1.82, 2.24) is 9.88 Å². The number of pyridine rings is 1. The molecule has 5 heterocycles. The van der Waals surface area contributed by atoms with Crippen LogP contribution in [0.25, 0.3) is 0 Å². The number of halogens is 1. The summed E-state index contributed by atoms with van der Waals surface area (Å²) in [5.74, 6) is 1.26. The highest BCUT2D eigenvalue weighted by molar-refractivity contribution is 5.47. The van der Waals surface area contributed by atoms with Gasteiger partial charge in [-0.3, -0.25) is 4.90 Å². The van der Waals surface area contributed by atoms with E-state index < -0.39 is 6.04 Å². The molecule has 41 heavy (non-hydrogen) atoms. The van der Waals surface area contributed by atoms with Crippen LogP contribution in [0.4, 0.5) is 10.2 Å². The lowest BCUT2D eigenvalue weighted by molar-refractivity contribution is -0.0484. The summed E-state index contributed by atoms with van der Waals surface area (Å²) in [6, 6.07) is 7.10. The molecule has 0 aliphatic carbocycles.